The van der Waals surface area contributed by atoms with Gasteiger partial charge in [0.15, 0.2) is 0 Å². The van der Waals surface area contributed by atoms with E-state index in [1.807, 2.05) is 0 Å². The molecule has 0 aromatic rings. The van der Waals surface area contributed by atoms with Gasteiger partial charge in [-0.15, -0.1) is 6.58 Å². The van der Waals surface area contributed by atoms with Gasteiger partial charge < -0.3 is 9.47 Å². The van der Waals surface area contributed by atoms with Crippen LogP contribution in [0.15, 0.2) is 12.7 Å². The van der Waals surface area contributed by atoms with Crippen molar-refractivity contribution in [3.63, 3.8) is 0 Å². The van der Waals surface area contributed by atoms with Crippen LogP contribution >= 0.6 is 0 Å². The molecule has 0 saturated carbocycles. The molecule has 0 aliphatic rings. The molecular weight excluding hydrogens is 144 g/mol. The lowest BCUT2D eigenvalue weighted by Crippen LogP contribution is -2.07. The molecular formula is C8H14O3. The van der Waals surface area contributed by atoms with Crippen molar-refractivity contribution in [3.05, 3.63) is 12.7 Å². The first-order valence-electron chi connectivity index (χ1n) is 3.71. The highest BCUT2D eigenvalue weighted by Gasteiger charge is 1.99. The summed E-state index contributed by atoms with van der Waals surface area (Å²) >= 11 is 0. The molecule has 0 N–H and O–H groups in total. The summed E-state index contributed by atoms with van der Waals surface area (Å²) in [5.74, 6) is 0. The van der Waals surface area contributed by atoms with E-state index in [0.29, 0.717) is 13.2 Å². The Labute approximate surface area is 67.0 Å². The van der Waals surface area contributed by atoms with Crippen LogP contribution in [0, 0.1) is 0 Å². The van der Waals surface area contributed by atoms with E-state index < -0.39 is 6.16 Å². The van der Waals surface area contributed by atoms with E-state index in [1.165, 1.54) is 0 Å². The van der Waals surface area contributed by atoms with E-state index in [2.05, 4.69) is 16.1 Å². The third kappa shape index (κ3) is 6.90. The van der Waals surface area contributed by atoms with Gasteiger partial charge in [-0.25, -0.2) is 4.79 Å². The number of rotatable bonds is 5. The molecule has 0 aliphatic heterocycles. The lowest BCUT2D eigenvalue weighted by Gasteiger charge is -2.02. The third-order valence-corrected chi connectivity index (χ3v) is 1.03. The van der Waals surface area contributed by atoms with Crippen LogP contribution in [0.25, 0.3) is 0 Å². The maximum atomic E-state index is 10.5. The number of carbonyl (C=O) groups is 1. The van der Waals surface area contributed by atoms with E-state index in [4.69, 9.17) is 0 Å². The fourth-order valence-electron chi connectivity index (χ4n) is 0.543. The zero-order valence-corrected chi connectivity index (χ0v) is 6.84. The Morgan fingerprint density at radius 3 is 2.82 bits per heavy atom. The summed E-state index contributed by atoms with van der Waals surface area (Å²) in [6.07, 6.45) is 2.87. The summed E-state index contributed by atoms with van der Waals surface area (Å²) in [5, 5.41) is 0. The minimum absolute atomic E-state index is 0.361. The summed E-state index contributed by atoms with van der Waals surface area (Å²) in [6, 6.07) is 0. The number of carbonyl (C=O) groups excluding carboxylic acids is 1. The van der Waals surface area contributed by atoms with Gasteiger partial charge in [-0.05, 0) is 19.8 Å². The quantitative estimate of drug-likeness (QED) is 0.349. The topological polar surface area (TPSA) is 35.5 Å². The van der Waals surface area contributed by atoms with Gasteiger partial charge in [-0.3, -0.25) is 0 Å². The second-order valence-corrected chi connectivity index (χ2v) is 1.96. The Hall–Kier alpha value is -0.990. The minimum atomic E-state index is -0.587. The molecule has 0 unspecified atom stereocenters. The normalized spacial score (nSPS) is 8.82. The molecule has 0 rings (SSSR count). The van der Waals surface area contributed by atoms with Gasteiger partial charge in [-0.2, -0.15) is 0 Å². The van der Waals surface area contributed by atoms with Crippen molar-refractivity contribution in [2.75, 3.05) is 13.2 Å². The van der Waals surface area contributed by atoms with Gasteiger partial charge in [0.2, 0.25) is 0 Å². The molecule has 3 nitrogen and oxygen atoms in total. The van der Waals surface area contributed by atoms with Crippen LogP contribution in [0.2, 0.25) is 0 Å². The summed E-state index contributed by atoms with van der Waals surface area (Å²) in [5.41, 5.74) is 0. The SMILES string of the molecule is C=CCCCOC(=O)OCC. The fraction of sp³-hybridized carbons (Fsp3) is 0.625. The predicted molar refractivity (Wildman–Crippen MR) is 42.4 cm³/mol. The fourth-order valence-corrected chi connectivity index (χ4v) is 0.543. The van der Waals surface area contributed by atoms with Crippen molar-refractivity contribution in [2.45, 2.75) is 19.8 Å². The van der Waals surface area contributed by atoms with Crippen molar-refractivity contribution in [3.8, 4) is 0 Å². The second-order valence-electron chi connectivity index (χ2n) is 1.96. The van der Waals surface area contributed by atoms with E-state index in [-0.39, 0.29) is 0 Å². The van der Waals surface area contributed by atoms with E-state index in [1.54, 1.807) is 13.0 Å². The number of allylic oxidation sites excluding steroid dienone is 1. The second kappa shape index (κ2) is 7.12. The van der Waals surface area contributed by atoms with E-state index >= 15 is 0 Å². The molecule has 0 amide bonds. The number of unbranched alkanes of at least 4 members (excludes halogenated alkanes) is 1. The molecule has 0 radical (unpaired) electrons. The standard InChI is InChI=1S/C8H14O3/c1-3-5-6-7-11-8(9)10-4-2/h3H,1,4-7H2,2H3. The summed E-state index contributed by atoms with van der Waals surface area (Å²) in [6.45, 7) is 6.05. The van der Waals surface area contributed by atoms with Crippen LogP contribution in [-0.4, -0.2) is 19.4 Å². The van der Waals surface area contributed by atoms with Gasteiger partial charge >= 0.3 is 6.16 Å². The molecule has 64 valence electrons. The molecule has 0 fully saturated rings. The zero-order valence-electron chi connectivity index (χ0n) is 6.84. The summed E-state index contributed by atoms with van der Waals surface area (Å²) < 4.78 is 9.21. The smallest absolute Gasteiger partial charge is 0.435 e. The predicted octanol–water partition coefficient (Wildman–Crippen LogP) is 2.13. The summed E-state index contributed by atoms with van der Waals surface area (Å²) in [4.78, 5) is 10.5. The third-order valence-electron chi connectivity index (χ3n) is 1.03. The van der Waals surface area contributed by atoms with Crippen molar-refractivity contribution in [2.24, 2.45) is 0 Å². The van der Waals surface area contributed by atoms with Crippen LogP contribution in [0.1, 0.15) is 19.8 Å². The van der Waals surface area contributed by atoms with Crippen LogP contribution in [0.4, 0.5) is 4.79 Å². The van der Waals surface area contributed by atoms with Crippen LogP contribution in [-0.2, 0) is 9.47 Å². The van der Waals surface area contributed by atoms with Crippen molar-refractivity contribution < 1.29 is 14.3 Å². The maximum Gasteiger partial charge on any atom is 0.508 e. The number of hydrogen-bond acceptors (Lipinski definition) is 3. The lowest BCUT2D eigenvalue weighted by atomic mass is 10.3. The highest BCUT2D eigenvalue weighted by atomic mass is 16.7. The molecule has 0 aromatic heterocycles. The van der Waals surface area contributed by atoms with Crippen LogP contribution in [0.3, 0.4) is 0 Å². The molecule has 0 aromatic carbocycles. The Bertz CT molecular complexity index is 121. The minimum Gasteiger partial charge on any atom is -0.435 e. The van der Waals surface area contributed by atoms with Gasteiger partial charge in [0.05, 0.1) is 13.2 Å². The van der Waals surface area contributed by atoms with Gasteiger partial charge in [0.1, 0.15) is 0 Å². The number of ether oxygens (including phenoxy) is 2. The van der Waals surface area contributed by atoms with Crippen LogP contribution in [0.5, 0.6) is 0 Å². The van der Waals surface area contributed by atoms with Crippen LogP contribution < -0.4 is 0 Å². The van der Waals surface area contributed by atoms with Gasteiger partial charge in [-0.1, -0.05) is 6.08 Å². The van der Waals surface area contributed by atoms with Crippen molar-refractivity contribution in [1.82, 2.24) is 0 Å². The molecule has 0 bridgehead atoms. The summed E-state index contributed by atoms with van der Waals surface area (Å²) in [7, 11) is 0. The number of hydrogen-bond donors (Lipinski definition) is 0. The highest BCUT2D eigenvalue weighted by Crippen LogP contribution is 1.92. The zero-order chi connectivity index (χ0) is 8.53. The average molecular weight is 158 g/mol. The monoisotopic (exact) mass is 158 g/mol. The molecule has 0 atom stereocenters. The van der Waals surface area contributed by atoms with Crippen molar-refractivity contribution in [1.29, 1.82) is 0 Å². The molecule has 0 aliphatic carbocycles. The Balaban J connectivity index is 3.10. The Morgan fingerprint density at radius 2 is 2.27 bits per heavy atom. The Morgan fingerprint density at radius 1 is 1.55 bits per heavy atom. The first kappa shape index (κ1) is 10.0. The first-order chi connectivity index (χ1) is 5.31. The molecule has 11 heavy (non-hydrogen) atoms. The van der Waals surface area contributed by atoms with E-state index in [0.717, 1.165) is 12.8 Å². The van der Waals surface area contributed by atoms with E-state index in [9.17, 15) is 4.79 Å². The Kier molecular flexibility index (Phi) is 6.48. The lowest BCUT2D eigenvalue weighted by molar-refractivity contribution is 0.0585. The highest BCUT2D eigenvalue weighted by molar-refractivity contribution is 5.59. The first-order valence-corrected chi connectivity index (χ1v) is 3.71. The molecule has 0 heterocycles. The molecule has 0 saturated heterocycles. The van der Waals surface area contributed by atoms with Gasteiger partial charge in [0.25, 0.3) is 0 Å². The molecule has 0 spiro atoms. The largest absolute Gasteiger partial charge is 0.508 e. The molecule has 3 heteroatoms. The maximum absolute atomic E-state index is 10.5. The average Bonchev–Trinajstić information content (AvgIpc) is 1.99. The van der Waals surface area contributed by atoms with Gasteiger partial charge in [0, 0.05) is 0 Å². The van der Waals surface area contributed by atoms with Crippen molar-refractivity contribution >= 4 is 6.16 Å².